The number of aliphatic hydroxyl groups is 2. The zero-order valence-corrected chi connectivity index (χ0v) is 21.8. The Balaban J connectivity index is 1.55. The van der Waals surface area contributed by atoms with Crippen molar-refractivity contribution in [3.63, 3.8) is 0 Å². The van der Waals surface area contributed by atoms with Crippen LogP contribution in [-0.4, -0.2) is 56.3 Å². The topological polar surface area (TPSA) is 128 Å². The van der Waals surface area contributed by atoms with Crippen LogP contribution in [0, 0.1) is 15.3 Å². The molecule has 0 unspecified atom stereocenters. The Morgan fingerprint density at radius 1 is 1.19 bits per heavy atom. The van der Waals surface area contributed by atoms with Crippen LogP contribution in [0.15, 0.2) is 48.7 Å². The average Bonchev–Trinajstić information content (AvgIpc) is 3.43. The van der Waals surface area contributed by atoms with Gasteiger partial charge in [0.1, 0.15) is 42.2 Å². The van der Waals surface area contributed by atoms with Crippen molar-refractivity contribution in [2.24, 2.45) is 5.92 Å². The lowest BCUT2D eigenvalue weighted by Crippen LogP contribution is -2.38. The van der Waals surface area contributed by atoms with E-state index in [-0.39, 0.29) is 12.5 Å². The molecule has 36 heavy (non-hydrogen) atoms. The number of imide groups is 1. The van der Waals surface area contributed by atoms with Gasteiger partial charge in [-0.15, -0.1) is 0 Å². The number of imidazole rings is 1. The van der Waals surface area contributed by atoms with E-state index in [1.54, 1.807) is 36.4 Å². The van der Waals surface area contributed by atoms with Crippen molar-refractivity contribution in [2.75, 3.05) is 13.2 Å². The molecule has 0 aliphatic carbocycles. The molecule has 1 fully saturated rings. The molecule has 0 saturated carbocycles. The number of nitrogens with zero attached hydrogens (tertiary/aromatic N) is 2. The summed E-state index contributed by atoms with van der Waals surface area (Å²) < 4.78 is 20.6. The molecule has 0 spiro atoms. The third-order valence-electron chi connectivity index (χ3n) is 5.84. The monoisotopic (exact) mass is 608 g/mol. The number of halogens is 2. The van der Waals surface area contributed by atoms with E-state index in [0.717, 1.165) is 8.47 Å². The lowest BCUT2D eigenvalue weighted by atomic mass is 10.0. The van der Waals surface area contributed by atoms with E-state index in [1.165, 1.54) is 12.3 Å². The minimum absolute atomic E-state index is 0.0734. The van der Waals surface area contributed by atoms with Crippen LogP contribution in [0.25, 0.3) is 11.3 Å². The predicted octanol–water partition coefficient (Wildman–Crippen LogP) is 3.54. The number of nitrogens with one attached hydrogen (secondary N) is 2. The Hall–Kier alpha value is -3.03. The third-order valence-corrected chi connectivity index (χ3v) is 6.52. The average molecular weight is 608 g/mol. The standard InChI is InChI=1S/C25H26FIN4O5/c1-13(2)22(23-28-10-20(29-23)18-8-5-15(27)9-19(18)26)31-24(34)21(30-25(31)35)14-3-6-17(7-4-14)36-12-16(33)11-32/h3-10,13,16,21-22,32-33H,11-12H2,1-2H3,(H,28,29)(H,30,35)/t16-,21+,22-/m0/s1. The van der Waals surface area contributed by atoms with E-state index < -0.39 is 42.6 Å². The van der Waals surface area contributed by atoms with Gasteiger partial charge in [0.15, 0.2) is 0 Å². The molecular weight excluding hydrogens is 582 g/mol. The van der Waals surface area contributed by atoms with Crippen LogP contribution in [0.1, 0.15) is 37.3 Å². The highest BCUT2D eigenvalue weighted by molar-refractivity contribution is 14.1. The number of aromatic amines is 1. The first kappa shape index (κ1) is 26.0. The number of amides is 3. The third kappa shape index (κ3) is 5.37. The molecule has 1 aromatic heterocycles. The Bertz CT molecular complexity index is 1250. The summed E-state index contributed by atoms with van der Waals surface area (Å²) in [5.41, 5.74) is 1.37. The number of aromatic nitrogens is 2. The van der Waals surface area contributed by atoms with Crippen LogP contribution < -0.4 is 10.1 Å². The molecule has 190 valence electrons. The Kier molecular flexibility index (Phi) is 7.91. The molecule has 3 atom stereocenters. The van der Waals surface area contributed by atoms with Crippen LogP contribution in [0.4, 0.5) is 9.18 Å². The lowest BCUT2D eigenvalue weighted by Gasteiger charge is -2.27. The number of carbonyl (C=O) groups excluding carboxylic acids is 2. The van der Waals surface area contributed by atoms with Crippen molar-refractivity contribution in [2.45, 2.75) is 32.0 Å². The van der Waals surface area contributed by atoms with Gasteiger partial charge in [-0.1, -0.05) is 26.0 Å². The van der Waals surface area contributed by atoms with Crippen molar-refractivity contribution in [1.29, 1.82) is 0 Å². The molecule has 2 aromatic carbocycles. The Morgan fingerprint density at radius 3 is 2.56 bits per heavy atom. The molecule has 2 heterocycles. The maximum atomic E-state index is 14.5. The van der Waals surface area contributed by atoms with E-state index in [0.29, 0.717) is 28.4 Å². The molecule has 3 amide bonds. The molecular formula is C25H26FIN4O5. The Labute approximate surface area is 220 Å². The summed E-state index contributed by atoms with van der Waals surface area (Å²) in [6.45, 7) is 3.26. The van der Waals surface area contributed by atoms with E-state index in [9.17, 15) is 19.1 Å². The minimum atomic E-state index is -0.994. The van der Waals surface area contributed by atoms with E-state index in [1.807, 2.05) is 36.4 Å². The second-order valence-corrected chi connectivity index (χ2v) is 10.0. The normalized spacial score (nSPS) is 17.4. The van der Waals surface area contributed by atoms with E-state index >= 15 is 0 Å². The second-order valence-electron chi connectivity index (χ2n) is 8.80. The number of urea groups is 1. The minimum Gasteiger partial charge on any atom is -0.491 e. The molecule has 9 nitrogen and oxygen atoms in total. The molecule has 1 aliphatic rings. The lowest BCUT2D eigenvalue weighted by molar-refractivity contribution is -0.130. The molecule has 0 bridgehead atoms. The SMILES string of the molecule is CC(C)[C@@H](c1ncc(-c2ccc(I)cc2F)[nH]1)N1C(=O)N[C@H](c2ccc(OC[C@@H](O)CO)cc2)C1=O. The van der Waals surface area contributed by atoms with Gasteiger partial charge in [0.2, 0.25) is 0 Å². The summed E-state index contributed by atoms with van der Waals surface area (Å²) in [6, 6.07) is 9.28. The van der Waals surface area contributed by atoms with Crippen LogP contribution in [0.2, 0.25) is 0 Å². The summed E-state index contributed by atoms with van der Waals surface area (Å²) in [5, 5.41) is 21.0. The highest BCUT2D eigenvalue weighted by atomic mass is 127. The van der Waals surface area contributed by atoms with Gasteiger partial charge in [-0.25, -0.2) is 14.2 Å². The molecule has 4 N–H and O–H groups in total. The van der Waals surface area contributed by atoms with Gasteiger partial charge in [-0.05, 0) is 64.4 Å². The fraction of sp³-hybridized carbons (Fsp3) is 0.320. The molecule has 1 aliphatic heterocycles. The van der Waals surface area contributed by atoms with E-state index in [2.05, 4.69) is 15.3 Å². The summed E-state index contributed by atoms with van der Waals surface area (Å²) in [5.74, 6) is -0.167. The predicted molar refractivity (Wildman–Crippen MR) is 137 cm³/mol. The number of ether oxygens (including phenoxy) is 1. The van der Waals surface area contributed by atoms with Crippen molar-refractivity contribution in [1.82, 2.24) is 20.2 Å². The van der Waals surface area contributed by atoms with Gasteiger partial charge >= 0.3 is 6.03 Å². The second kappa shape index (κ2) is 10.9. The molecule has 11 heteroatoms. The zero-order chi connectivity index (χ0) is 26.0. The van der Waals surface area contributed by atoms with E-state index in [4.69, 9.17) is 9.84 Å². The van der Waals surface area contributed by atoms with Crippen LogP contribution in [-0.2, 0) is 4.79 Å². The van der Waals surface area contributed by atoms with Crippen LogP contribution in [0.5, 0.6) is 5.75 Å². The molecule has 0 radical (unpaired) electrons. The van der Waals surface area contributed by atoms with Gasteiger partial charge in [0.05, 0.1) is 18.5 Å². The first-order chi connectivity index (χ1) is 17.2. The summed E-state index contributed by atoms with van der Waals surface area (Å²) in [6.07, 6.45) is 0.504. The van der Waals surface area contributed by atoms with Crippen molar-refractivity contribution < 1.29 is 28.9 Å². The summed E-state index contributed by atoms with van der Waals surface area (Å²) in [4.78, 5) is 35.0. The number of carbonyl (C=O) groups is 2. The Morgan fingerprint density at radius 2 is 1.92 bits per heavy atom. The quantitative estimate of drug-likeness (QED) is 0.218. The van der Waals surface area contributed by atoms with Crippen molar-refractivity contribution >= 4 is 34.5 Å². The first-order valence-electron chi connectivity index (χ1n) is 11.3. The molecule has 3 aromatic rings. The van der Waals surface area contributed by atoms with Gasteiger partial charge in [0, 0.05) is 9.13 Å². The summed E-state index contributed by atoms with van der Waals surface area (Å²) >= 11 is 2.03. The number of H-pyrrole nitrogens is 1. The highest BCUT2D eigenvalue weighted by Gasteiger charge is 2.45. The largest absolute Gasteiger partial charge is 0.491 e. The first-order valence-corrected chi connectivity index (χ1v) is 12.4. The van der Waals surface area contributed by atoms with Gasteiger partial charge in [-0.2, -0.15) is 0 Å². The van der Waals surface area contributed by atoms with Gasteiger partial charge < -0.3 is 25.3 Å². The molecule has 1 saturated heterocycles. The van der Waals surface area contributed by atoms with Crippen molar-refractivity contribution in [3.8, 4) is 17.0 Å². The fourth-order valence-electron chi connectivity index (χ4n) is 4.05. The maximum Gasteiger partial charge on any atom is 0.325 e. The number of rotatable bonds is 9. The number of benzene rings is 2. The fourth-order valence-corrected chi connectivity index (χ4v) is 4.51. The zero-order valence-electron chi connectivity index (χ0n) is 19.6. The number of aliphatic hydroxyl groups excluding tert-OH is 2. The number of hydrogen-bond acceptors (Lipinski definition) is 6. The maximum absolute atomic E-state index is 14.5. The van der Waals surface area contributed by atoms with Gasteiger partial charge in [0.25, 0.3) is 5.91 Å². The summed E-state index contributed by atoms with van der Waals surface area (Å²) in [7, 11) is 0. The van der Waals surface area contributed by atoms with Gasteiger partial charge in [-0.3, -0.25) is 9.69 Å². The molecule has 4 rings (SSSR count). The van der Waals surface area contributed by atoms with Crippen LogP contribution in [0.3, 0.4) is 0 Å². The highest BCUT2D eigenvalue weighted by Crippen LogP contribution is 2.35. The smallest absolute Gasteiger partial charge is 0.325 e. The van der Waals surface area contributed by atoms with Crippen molar-refractivity contribution in [3.05, 3.63) is 69.4 Å². The van der Waals surface area contributed by atoms with Crippen LogP contribution >= 0.6 is 22.6 Å². The number of hydrogen-bond donors (Lipinski definition) is 4.